The summed E-state index contributed by atoms with van der Waals surface area (Å²) in [4.78, 5) is 4.39. The number of hydrogen-bond acceptors (Lipinski definition) is 3. The predicted molar refractivity (Wildman–Crippen MR) is 61.0 cm³/mol. The van der Waals surface area contributed by atoms with Crippen LogP contribution in [0.4, 0.5) is 5.95 Å². The summed E-state index contributed by atoms with van der Waals surface area (Å²) in [5.74, 6) is 0.688. The highest BCUT2D eigenvalue weighted by Gasteiger charge is 2.16. The third-order valence-electron chi connectivity index (χ3n) is 2.58. The van der Waals surface area contributed by atoms with E-state index in [1.807, 2.05) is 24.4 Å². The molecule has 1 N–H and O–H groups in total. The second-order valence-electron chi connectivity index (χ2n) is 4.30. The van der Waals surface area contributed by atoms with Gasteiger partial charge in [-0.05, 0) is 32.4 Å². The summed E-state index contributed by atoms with van der Waals surface area (Å²) in [6.45, 7) is 6.42. The number of fused-ring (bicyclic) bond motifs is 1. The van der Waals surface area contributed by atoms with Crippen LogP contribution < -0.4 is 5.32 Å². The van der Waals surface area contributed by atoms with Gasteiger partial charge in [0.05, 0.1) is 0 Å². The molecular weight excluding hydrogens is 188 g/mol. The molecule has 0 spiro atoms. The zero-order valence-electron chi connectivity index (χ0n) is 9.36. The maximum absolute atomic E-state index is 4.39. The topological polar surface area (TPSA) is 42.2 Å². The van der Waals surface area contributed by atoms with Crippen molar-refractivity contribution in [1.82, 2.24) is 14.6 Å². The van der Waals surface area contributed by atoms with E-state index >= 15 is 0 Å². The summed E-state index contributed by atoms with van der Waals surface area (Å²) in [5.41, 5.74) is 0.900. The summed E-state index contributed by atoms with van der Waals surface area (Å²) in [6.07, 6.45) is 2.93. The first-order valence-electron chi connectivity index (χ1n) is 5.20. The van der Waals surface area contributed by atoms with Gasteiger partial charge in [-0.25, -0.2) is 4.52 Å². The molecule has 0 saturated carbocycles. The first-order valence-corrected chi connectivity index (χ1v) is 5.20. The molecule has 0 aliphatic heterocycles. The molecule has 0 aromatic carbocycles. The Hall–Kier alpha value is -1.58. The Morgan fingerprint density at radius 2 is 2.20 bits per heavy atom. The van der Waals surface area contributed by atoms with Gasteiger partial charge in [-0.1, -0.05) is 13.0 Å². The summed E-state index contributed by atoms with van der Waals surface area (Å²) < 4.78 is 1.77. The highest BCUT2D eigenvalue weighted by Crippen LogP contribution is 2.15. The lowest BCUT2D eigenvalue weighted by Crippen LogP contribution is -2.30. The van der Waals surface area contributed by atoms with Crippen LogP contribution in [0.3, 0.4) is 0 Å². The maximum atomic E-state index is 4.39. The van der Waals surface area contributed by atoms with Crippen LogP contribution in [0.1, 0.15) is 27.2 Å². The van der Waals surface area contributed by atoms with Crippen molar-refractivity contribution in [3.05, 3.63) is 24.4 Å². The molecule has 2 aromatic rings. The number of hydrogen-bond donors (Lipinski definition) is 1. The van der Waals surface area contributed by atoms with Crippen molar-refractivity contribution in [2.24, 2.45) is 0 Å². The lowest BCUT2D eigenvalue weighted by Gasteiger charge is -2.23. The summed E-state index contributed by atoms with van der Waals surface area (Å²) in [7, 11) is 0. The van der Waals surface area contributed by atoms with E-state index < -0.39 is 0 Å². The Bertz CT molecular complexity index is 425. The number of nitrogens with one attached hydrogen (secondary N) is 1. The zero-order valence-corrected chi connectivity index (χ0v) is 9.36. The normalized spacial score (nSPS) is 11.9. The molecular formula is C11H16N4. The molecule has 2 aromatic heterocycles. The maximum Gasteiger partial charge on any atom is 0.243 e. The van der Waals surface area contributed by atoms with Gasteiger partial charge in [0.15, 0.2) is 5.65 Å². The fraction of sp³-hybridized carbons (Fsp3) is 0.455. The first-order chi connectivity index (χ1) is 7.11. The Labute approximate surface area is 89.3 Å². The number of pyridine rings is 1. The Morgan fingerprint density at radius 3 is 2.87 bits per heavy atom. The van der Waals surface area contributed by atoms with E-state index in [9.17, 15) is 0 Å². The third-order valence-corrected chi connectivity index (χ3v) is 2.58. The van der Waals surface area contributed by atoms with E-state index in [1.54, 1.807) is 4.52 Å². The summed E-state index contributed by atoms with van der Waals surface area (Å²) in [6, 6.07) is 5.84. The highest BCUT2D eigenvalue weighted by atomic mass is 15.3. The molecule has 0 bridgehead atoms. The van der Waals surface area contributed by atoms with E-state index in [0.29, 0.717) is 5.95 Å². The molecule has 4 nitrogen and oxygen atoms in total. The number of aromatic nitrogens is 3. The van der Waals surface area contributed by atoms with Crippen molar-refractivity contribution in [3.63, 3.8) is 0 Å². The molecule has 80 valence electrons. The molecule has 2 rings (SSSR count). The Kier molecular flexibility index (Phi) is 2.34. The second-order valence-corrected chi connectivity index (χ2v) is 4.30. The molecule has 0 saturated heterocycles. The fourth-order valence-corrected chi connectivity index (χ4v) is 1.28. The fourth-order valence-electron chi connectivity index (χ4n) is 1.28. The minimum Gasteiger partial charge on any atom is -0.348 e. The number of nitrogens with zero attached hydrogens (tertiary/aromatic N) is 3. The van der Waals surface area contributed by atoms with Crippen molar-refractivity contribution < 1.29 is 0 Å². The van der Waals surface area contributed by atoms with E-state index in [0.717, 1.165) is 12.1 Å². The lowest BCUT2D eigenvalue weighted by atomic mass is 10.0. The van der Waals surface area contributed by atoms with Crippen LogP contribution in [-0.2, 0) is 0 Å². The van der Waals surface area contributed by atoms with Crippen molar-refractivity contribution in [3.8, 4) is 0 Å². The largest absolute Gasteiger partial charge is 0.348 e. The van der Waals surface area contributed by atoms with Crippen LogP contribution in [0, 0.1) is 0 Å². The first kappa shape index (κ1) is 9.96. The standard InChI is InChI=1S/C11H16N4/c1-4-11(2,3)13-10-12-9-7-5-6-8-15(9)14-10/h5-8H,4H2,1-3H3,(H,13,14). The molecule has 0 radical (unpaired) electrons. The van der Waals surface area contributed by atoms with E-state index in [1.165, 1.54) is 0 Å². The van der Waals surface area contributed by atoms with Gasteiger partial charge in [-0.2, -0.15) is 4.98 Å². The van der Waals surface area contributed by atoms with Crippen LogP contribution in [0.15, 0.2) is 24.4 Å². The second kappa shape index (κ2) is 3.53. The smallest absolute Gasteiger partial charge is 0.243 e. The van der Waals surface area contributed by atoms with Gasteiger partial charge < -0.3 is 5.32 Å². The molecule has 15 heavy (non-hydrogen) atoms. The van der Waals surface area contributed by atoms with Crippen LogP contribution in [0.5, 0.6) is 0 Å². The van der Waals surface area contributed by atoms with E-state index in [2.05, 4.69) is 36.2 Å². The molecule has 0 aliphatic carbocycles. The van der Waals surface area contributed by atoms with Crippen LogP contribution in [-0.4, -0.2) is 20.1 Å². The summed E-state index contributed by atoms with van der Waals surface area (Å²) >= 11 is 0. The monoisotopic (exact) mass is 204 g/mol. The minimum atomic E-state index is 0.0327. The van der Waals surface area contributed by atoms with Crippen LogP contribution in [0.2, 0.25) is 0 Å². The quantitative estimate of drug-likeness (QED) is 0.834. The van der Waals surface area contributed by atoms with E-state index in [-0.39, 0.29) is 5.54 Å². The van der Waals surface area contributed by atoms with Gasteiger partial charge in [-0.15, -0.1) is 5.10 Å². The minimum absolute atomic E-state index is 0.0327. The SMILES string of the molecule is CCC(C)(C)Nc1nc2ccccn2n1. The summed E-state index contributed by atoms with van der Waals surface area (Å²) in [5, 5.41) is 7.65. The van der Waals surface area contributed by atoms with Gasteiger partial charge in [0.25, 0.3) is 0 Å². The highest BCUT2D eigenvalue weighted by molar-refractivity contribution is 5.43. The Morgan fingerprint density at radius 1 is 1.40 bits per heavy atom. The van der Waals surface area contributed by atoms with Crippen molar-refractivity contribution in [2.75, 3.05) is 5.32 Å². The molecule has 0 atom stereocenters. The average Bonchev–Trinajstić information content (AvgIpc) is 2.58. The van der Waals surface area contributed by atoms with Gasteiger partial charge in [-0.3, -0.25) is 0 Å². The lowest BCUT2D eigenvalue weighted by molar-refractivity contribution is 0.542. The van der Waals surface area contributed by atoms with Gasteiger partial charge in [0, 0.05) is 11.7 Å². The van der Waals surface area contributed by atoms with Gasteiger partial charge >= 0.3 is 0 Å². The third kappa shape index (κ3) is 2.09. The number of rotatable bonds is 3. The molecule has 2 heterocycles. The molecule has 0 aliphatic rings. The average molecular weight is 204 g/mol. The molecule has 0 unspecified atom stereocenters. The predicted octanol–water partition coefficient (Wildman–Crippen LogP) is 2.33. The van der Waals surface area contributed by atoms with Crippen LogP contribution >= 0.6 is 0 Å². The zero-order chi connectivity index (χ0) is 10.9. The number of anilines is 1. The Balaban J connectivity index is 2.30. The van der Waals surface area contributed by atoms with Crippen LogP contribution in [0.25, 0.3) is 5.65 Å². The van der Waals surface area contributed by atoms with Gasteiger partial charge in [0.2, 0.25) is 5.95 Å². The van der Waals surface area contributed by atoms with E-state index in [4.69, 9.17) is 0 Å². The van der Waals surface area contributed by atoms with Crippen molar-refractivity contribution in [1.29, 1.82) is 0 Å². The van der Waals surface area contributed by atoms with Crippen molar-refractivity contribution >= 4 is 11.6 Å². The van der Waals surface area contributed by atoms with Gasteiger partial charge in [0.1, 0.15) is 0 Å². The molecule has 0 fully saturated rings. The molecule has 4 heteroatoms. The van der Waals surface area contributed by atoms with Crippen molar-refractivity contribution in [2.45, 2.75) is 32.7 Å². The molecule has 0 amide bonds.